The topological polar surface area (TPSA) is 26.3 Å². The Morgan fingerprint density at radius 3 is 1.88 bits per heavy atom. The molecule has 1 aliphatic carbocycles. The Hall–Kier alpha value is -0.530. The maximum atomic E-state index is 11.9. The van der Waals surface area contributed by atoms with Crippen LogP contribution in [0.15, 0.2) is 0 Å². The molecule has 0 saturated heterocycles. The van der Waals surface area contributed by atoms with Crippen LogP contribution in [0.2, 0.25) is 0 Å². The van der Waals surface area contributed by atoms with Crippen LogP contribution in [-0.4, -0.2) is 12.1 Å². The van der Waals surface area contributed by atoms with Crippen LogP contribution in [0, 0.1) is 16.7 Å². The molecule has 0 amide bonds. The first-order chi connectivity index (χ1) is 7.60. The largest absolute Gasteiger partial charge is 0.462 e. The van der Waals surface area contributed by atoms with Gasteiger partial charge in [-0.2, -0.15) is 0 Å². The van der Waals surface area contributed by atoms with E-state index in [0.717, 1.165) is 12.8 Å². The summed E-state index contributed by atoms with van der Waals surface area (Å²) >= 11 is 0. The van der Waals surface area contributed by atoms with Gasteiger partial charge in [0.25, 0.3) is 0 Å². The number of carbonyl (C=O) groups is 1. The van der Waals surface area contributed by atoms with Gasteiger partial charge in [0.2, 0.25) is 0 Å². The second-order valence-corrected chi connectivity index (χ2v) is 7.53. The average Bonchev–Trinajstić information content (AvgIpc) is 2.03. The lowest BCUT2D eigenvalue weighted by atomic mass is 9.65. The van der Waals surface area contributed by atoms with E-state index in [9.17, 15) is 4.79 Å². The second kappa shape index (κ2) is 4.99. The van der Waals surface area contributed by atoms with Gasteiger partial charge in [0, 0.05) is 6.42 Å². The van der Waals surface area contributed by atoms with Gasteiger partial charge in [0.1, 0.15) is 6.10 Å². The van der Waals surface area contributed by atoms with E-state index in [0.29, 0.717) is 12.3 Å². The molecule has 1 aliphatic rings. The first-order valence-electron chi connectivity index (χ1n) is 6.80. The molecule has 0 aromatic carbocycles. The van der Waals surface area contributed by atoms with Crippen LogP contribution >= 0.6 is 0 Å². The molecule has 0 radical (unpaired) electrons. The van der Waals surface area contributed by atoms with Gasteiger partial charge in [-0.25, -0.2) is 0 Å². The zero-order valence-electron chi connectivity index (χ0n) is 12.3. The highest BCUT2D eigenvalue weighted by molar-refractivity contribution is 5.70. The second-order valence-electron chi connectivity index (χ2n) is 7.53. The van der Waals surface area contributed by atoms with E-state index in [-0.39, 0.29) is 22.9 Å². The predicted octanol–water partition coefficient (Wildman–Crippen LogP) is 4.18. The lowest BCUT2D eigenvalue weighted by molar-refractivity contribution is -0.156. The van der Waals surface area contributed by atoms with Crippen molar-refractivity contribution < 1.29 is 9.53 Å². The summed E-state index contributed by atoms with van der Waals surface area (Å²) in [6.45, 7) is 13.2. The SMILES string of the molecule is CC(C)(C)C(CC(=O)OC1CCC1)C(C)(C)C. The molecule has 100 valence electrons. The van der Waals surface area contributed by atoms with E-state index in [4.69, 9.17) is 4.74 Å². The Morgan fingerprint density at radius 1 is 1.12 bits per heavy atom. The Kier molecular flexibility index (Phi) is 4.27. The zero-order chi connectivity index (χ0) is 13.3. The van der Waals surface area contributed by atoms with Crippen LogP contribution < -0.4 is 0 Å². The molecule has 1 rings (SSSR count). The number of esters is 1. The standard InChI is InChI=1S/C15H28O2/c1-14(2,3)12(15(4,5)6)10-13(16)17-11-8-7-9-11/h11-12H,7-10H2,1-6H3. The summed E-state index contributed by atoms with van der Waals surface area (Å²) < 4.78 is 5.47. The lowest BCUT2D eigenvalue weighted by Gasteiger charge is -2.40. The van der Waals surface area contributed by atoms with E-state index >= 15 is 0 Å². The maximum absolute atomic E-state index is 11.9. The number of ether oxygens (including phenoxy) is 1. The highest BCUT2D eigenvalue weighted by Gasteiger charge is 2.37. The molecule has 0 aromatic heterocycles. The van der Waals surface area contributed by atoms with Crippen molar-refractivity contribution in [3.63, 3.8) is 0 Å². The molecule has 0 N–H and O–H groups in total. The quantitative estimate of drug-likeness (QED) is 0.692. The summed E-state index contributed by atoms with van der Waals surface area (Å²) in [7, 11) is 0. The summed E-state index contributed by atoms with van der Waals surface area (Å²) in [5, 5.41) is 0. The smallest absolute Gasteiger partial charge is 0.306 e. The Balaban J connectivity index is 2.56. The molecule has 0 aliphatic heterocycles. The van der Waals surface area contributed by atoms with Crippen molar-refractivity contribution in [2.45, 2.75) is 73.3 Å². The van der Waals surface area contributed by atoms with E-state index in [1.54, 1.807) is 0 Å². The van der Waals surface area contributed by atoms with Crippen LogP contribution in [0.4, 0.5) is 0 Å². The van der Waals surface area contributed by atoms with E-state index < -0.39 is 0 Å². The molecule has 2 nitrogen and oxygen atoms in total. The van der Waals surface area contributed by atoms with Gasteiger partial charge < -0.3 is 4.74 Å². The molecule has 0 atom stereocenters. The van der Waals surface area contributed by atoms with Gasteiger partial charge in [-0.1, -0.05) is 41.5 Å². The van der Waals surface area contributed by atoms with Gasteiger partial charge in [-0.3, -0.25) is 4.79 Å². The van der Waals surface area contributed by atoms with Crippen molar-refractivity contribution in [2.24, 2.45) is 16.7 Å². The van der Waals surface area contributed by atoms with E-state index in [1.165, 1.54) is 6.42 Å². The summed E-state index contributed by atoms with van der Waals surface area (Å²) in [4.78, 5) is 11.9. The Morgan fingerprint density at radius 2 is 1.59 bits per heavy atom. The normalized spacial score (nSPS) is 18.1. The molecule has 0 unspecified atom stereocenters. The first kappa shape index (κ1) is 14.5. The Labute approximate surface area is 106 Å². The fourth-order valence-electron chi connectivity index (χ4n) is 2.80. The summed E-state index contributed by atoms with van der Waals surface area (Å²) in [5.41, 5.74) is 0.272. The fourth-order valence-corrected chi connectivity index (χ4v) is 2.80. The predicted molar refractivity (Wildman–Crippen MR) is 70.7 cm³/mol. The third-order valence-corrected chi connectivity index (χ3v) is 3.81. The van der Waals surface area contributed by atoms with Crippen molar-refractivity contribution in [1.29, 1.82) is 0 Å². The van der Waals surface area contributed by atoms with Crippen molar-refractivity contribution in [1.82, 2.24) is 0 Å². The van der Waals surface area contributed by atoms with Crippen LogP contribution in [0.1, 0.15) is 67.2 Å². The first-order valence-corrected chi connectivity index (χ1v) is 6.80. The minimum atomic E-state index is -0.00968. The molecule has 0 bridgehead atoms. The molecule has 0 spiro atoms. The van der Waals surface area contributed by atoms with Gasteiger partial charge in [0.15, 0.2) is 0 Å². The minimum absolute atomic E-state index is 0.00968. The monoisotopic (exact) mass is 240 g/mol. The maximum Gasteiger partial charge on any atom is 0.306 e. The average molecular weight is 240 g/mol. The number of hydrogen-bond donors (Lipinski definition) is 0. The lowest BCUT2D eigenvalue weighted by Crippen LogP contribution is -2.36. The third kappa shape index (κ3) is 4.33. The molecular formula is C15H28O2. The summed E-state index contributed by atoms with van der Waals surface area (Å²) in [6, 6.07) is 0. The van der Waals surface area contributed by atoms with Crippen LogP contribution in [-0.2, 0) is 9.53 Å². The molecule has 2 heteroatoms. The van der Waals surface area contributed by atoms with Crippen molar-refractivity contribution in [2.75, 3.05) is 0 Å². The molecule has 17 heavy (non-hydrogen) atoms. The molecule has 0 heterocycles. The molecular weight excluding hydrogens is 212 g/mol. The van der Waals surface area contributed by atoms with Gasteiger partial charge in [-0.15, -0.1) is 0 Å². The summed E-state index contributed by atoms with van der Waals surface area (Å²) in [6.07, 6.45) is 4.08. The molecule has 0 aromatic rings. The third-order valence-electron chi connectivity index (χ3n) is 3.81. The number of rotatable bonds is 3. The Bertz CT molecular complexity index is 250. The van der Waals surface area contributed by atoms with E-state index in [1.807, 2.05) is 0 Å². The summed E-state index contributed by atoms with van der Waals surface area (Å²) in [5.74, 6) is 0.340. The molecule has 1 saturated carbocycles. The highest BCUT2D eigenvalue weighted by Crippen LogP contribution is 2.42. The van der Waals surface area contributed by atoms with Crippen molar-refractivity contribution >= 4 is 5.97 Å². The van der Waals surface area contributed by atoms with Gasteiger partial charge >= 0.3 is 5.97 Å². The van der Waals surface area contributed by atoms with Gasteiger partial charge in [0.05, 0.1) is 0 Å². The van der Waals surface area contributed by atoms with E-state index in [2.05, 4.69) is 41.5 Å². The zero-order valence-corrected chi connectivity index (χ0v) is 12.3. The van der Waals surface area contributed by atoms with Crippen LogP contribution in [0.3, 0.4) is 0 Å². The highest BCUT2D eigenvalue weighted by atomic mass is 16.5. The number of carbonyl (C=O) groups excluding carboxylic acids is 1. The molecule has 1 fully saturated rings. The van der Waals surface area contributed by atoms with Crippen LogP contribution in [0.25, 0.3) is 0 Å². The van der Waals surface area contributed by atoms with Crippen molar-refractivity contribution in [3.05, 3.63) is 0 Å². The number of hydrogen-bond acceptors (Lipinski definition) is 2. The van der Waals surface area contributed by atoms with Gasteiger partial charge in [-0.05, 0) is 36.0 Å². The minimum Gasteiger partial charge on any atom is -0.462 e. The fraction of sp³-hybridized carbons (Fsp3) is 0.933. The van der Waals surface area contributed by atoms with Crippen LogP contribution in [0.5, 0.6) is 0 Å². The van der Waals surface area contributed by atoms with Crippen molar-refractivity contribution in [3.8, 4) is 0 Å².